The predicted molar refractivity (Wildman–Crippen MR) is 148 cm³/mol. The fraction of sp³-hybridized carbons (Fsp3) is 0.429. The third-order valence-corrected chi connectivity index (χ3v) is 7.48. The van der Waals surface area contributed by atoms with Gasteiger partial charge in [-0.25, -0.2) is 19.2 Å². The maximum absolute atomic E-state index is 13.6. The van der Waals surface area contributed by atoms with Crippen molar-refractivity contribution in [3.63, 3.8) is 0 Å². The summed E-state index contributed by atoms with van der Waals surface area (Å²) in [6.07, 6.45) is 3.73. The summed E-state index contributed by atoms with van der Waals surface area (Å²) in [6.45, 7) is 9.38. The number of hydrogen-bond donors (Lipinski definition) is 0. The van der Waals surface area contributed by atoms with Gasteiger partial charge in [-0.2, -0.15) is 4.98 Å². The number of rotatable bonds is 6. The van der Waals surface area contributed by atoms with E-state index in [4.69, 9.17) is 26.3 Å². The summed E-state index contributed by atoms with van der Waals surface area (Å²) in [5, 5.41) is 0.419. The average Bonchev–Trinajstić information content (AvgIpc) is 3.34. The summed E-state index contributed by atoms with van der Waals surface area (Å²) in [6, 6.07) is 10.5. The Kier molecular flexibility index (Phi) is 7.65. The minimum atomic E-state index is -0.435. The maximum atomic E-state index is 13.6. The first kappa shape index (κ1) is 26.2. The van der Waals surface area contributed by atoms with Gasteiger partial charge in [0.2, 0.25) is 5.95 Å². The van der Waals surface area contributed by atoms with Gasteiger partial charge in [-0.1, -0.05) is 11.6 Å². The molecule has 0 spiro atoms. The van der Waals surface area contributed by atoms with Crippen LogP contribution in [0.25, 0.3) is 11.3 Å². The molecule has 8 nitrogen and oxygen atoms in total. The number of halogens is 2. The molecule has 0 radical (unpaired) electrons. The van der Waals surface area contributed by atoms with Gasteiger partial charge in [0.1, 0.15) is 17.5 Å². The number of anilines is 3. The van der Waals surface area contributed by atoms with Crippen molar-refractivity contribution >= 4 is 35.2 Å². The first-order chi connectivity index (χ1) is 18.3. The van der Waals surface area contributed by atoms with Gasteiger partial charge in [0.05, 0.1) is 22.9 Å². The summed E-state index contributed by atoms with van der Waals surface area (Å²) in [7, 11) is 0. The summed E-state index contributed by atoms with van der Waals surface area (Å²) >= 11 is 6.54. The Labute approximate surface area is 227 Å². The highest BCUT2D eigenvalue weighted by Gasteiger charge is 2.30. The van der Waals surface area contributed by atoms with Crippen LogP contribution in [-0.2, 0) is 4.74 Å². The second kappa shape index (κ2) is 11.1. The molecule has 0 amide bonds. The molecule has 200 valence electrons. The Hall–Kier alpha value is -3.46. The molecule has 2 aromatic heterocycles. The molecule has 2 fully saturated rings. The first-order valence-corrected chi connectivity index (χ1v) is 13.5. The van der Waals surface area contributed by atoms with Gasteiger partial charge in [0, 0.05) is 56.1 Å². The zero-order valence-corrected chi connectivity index (χ0v) is 22.7. The normalized spacial score (nSPS) is 19.7. The number of hydrogen-bond acceptors (Lipinski definition) is 8. The van der Waals surface area contributed by atoms with E-state index in [1.165, 1.54) is 18.3 Å². The molecule has 2 atom stereocenters. The summed E-state index contributed by atoms with van der Waals surface area (Å²) in [5.74, 6) is 1.49. The van der Waals surface area contributed by atoms with Gasteiger partial charge in [0.25, 0.3) is 0 Å². The Morgan fingerprint density at radius 3 is 2.53 bits per heavy atom. The van der Waals surface area contributed by atoms with Crippen LogP contribution < -0.4 is 14.7 Å². The maximum Gasteiger partial charge on any atom is 0.339 e. The standard InChI is InChI=1S/C28H32ClFN6O2/c1-4-38-27(37)21-14-23(29)26(31-16-21)34-12-13-35(19(3)17-34)25-15-24(20-7-9-22(30)10-8-20)32-28(33-25)36-11-5-6-18(36)2/h7-10,14-16,18-19H,4-6,11-13,17H2,1-3H3/t18?,19-/m1/s1. The second-order valence-corrected chi connectivity index (χ2v) is 10.2. The number of piperazine rings is 1. The molecule has 0 aliphatic carbocycles. The lowest BCUT2D eigenvalue weighted by Crippen LogP contribution is -2.52. The van der Waals surface area contributed by atoms with Gasteiger partial charge in [-0.15, -0.1) is 0 Å². The van der Waals surface area contributed by atoms with E-state index in [0.29, 0.717) is 54.6 Å². The van der Waals surface area contributed by atoms with Gasteiger partial charge in [-0.3, -0.25) is 0 Å². The van der Waals surface area contributed by atoms with E-state index in [1.54, 1.807) is 25.1 Å². The van der Waals surface area contributed by atoms with Crippen LogP contribution in [0.4, 0.5) is 22.0 Å². The molecular formula is C28H32ClFN6O2. The van der Waals surface area contributed by atoms with Crippen LogP contribution in [0.1, 0.15) is 44.0 Å². The van der Waals surface area contributed by atoms with Gasteiger partial charge in [-0.05, 0) is 63.9 Å². The Bertz CT molecular complexity index is 1310. The van der Waals surface area contributed by atoms with Crippen molar-refractivity contribution in [3.05, 3.63) is 59.0 Å². The lowest BCUT2D eigenvalue weighted by Gasteiger charge is -2.41. The fourth-order valence-electron chi connectivity index (χ4n) is 5.18. The number of carbonyl (C=O) groups is 1. The van der Waals surface area contributed by atoms with E-state index in [9.17, 15) is 9.18 Å². The molecule has 2 saturated heterocycles. The molecule has 3 aromatic rings. The largest absolute Gasteiger partial charge is 0.462 e. The van der Waals surface area contributed by atoms with E-state index in [-0.39, 0.29) is 11.9 Å². The highest BCUT2D eigenvalue weighted by molar-refractivity contribution is 6.33. The Balaban J connectivity index is 1.40. The summed E-state index contributed by atoms with van der Waals surface area (Å²) in [4.78, 5) is 33.1. The summed E-state index contributed by atoms with van der Waals surface area (Å²) in [5.41, 5.74) is 1.97. The first-order valence-electron chi connectivity index (χ1n) is 13.1. The Morgan fingerprint density at radius 1 is 1.08 bits per heavy atom. The zero-order chi connectivity index (χ0) is 26.8. The van der Waals surface area contributed by atoms with Crippen molar-refractivity contribution in [1.82, 2.24) is 15.0 Å². The molecule has 0 saturated carbocycles. The van der Waals surface area contributed by atoms with E-state index in [0.717, 1.165) is 36.5 Å². The smallest absolute Gasteiger partial charge is 0.339 e. The quantitative estimate of drug-likeness (QED) is 0.396. The third kappa shape index (κ3) is 5.38. The number of pyridine rings is 1. The third-order valence-electron chi connectivity index (χ3n) is 7.20. The number of esters is 1. The van der Waals surface area contributed by atoms with Crippen LogP contribution in [0.15, 0.2) is 42.6 Å². The molecule has 0 bridgehead atoms. The average molecular weight is 539 g/mol. The van der Waals surface area contributed by atoms with E-state index in [2.05, 4.69) is 33.5 Å². The lowest BCUT2D eigenvalue weighted by atomic mass is 10.1. The van der Waals surface area contributed by atoms with Crippen LogP contribution in [0.2, 0.25) is 5.02 Å². The predicted octanol–water partition coefficient (Wildman–Crippen LogP) is 5.21. The van der Waals surface area contributed by atoms with Crippen molar-refractivity contribution in [2.24, 2.45) is 0 Å². The number of nitrogens with zero attached hydrogens (tertiary/aromatic N) is 6. The Morgan fingerprint density at radius 2 is 1.87 bits per heavy atom. The van der Waals surface area contributed by atoms with Crippen molar-refractivity contribution < 1.29 is 13.9 Å². The monoisotopic (exact) mass is 538 g/mol. The SMILES string of the molecule is CCOC(=O)c1cnc(N2CCN(c3cc(-c4ccc(F)cc4)nc(N4CCCC4C)n3)[C@H](C)C2)c(Cl)c1. The van der Waals surface area contributed by atoms with E-state index >= 15 is 0 Å². The van der Waals surface area contributed by atoms with Crippen LogP contribution >= 0.6 is 11.6 Å². The zero-order valence-electron chi connectivity index (χ0n) is 21.9. The number of ether oxygens (including phenoxy) is 1. The van der Waals surface area contributed by atoms with Gasteiger partial charge >= 0.3 is 5.97 Å². The van der Waals surface area contributed by atoms with E-state index < -0.39 is 5.97 Å². The number of benzene rings is 1. The summed E-state index contributed by atoms with van der Waals surface area (Å²) < 4.78 is 18.7. The van der Waals surface area contributed by atoms with Crippen LogP contribution in [-0.4, -0.2) is 65.8 Å². The van der Waals surface area contributed by atoms with Crippen molar-refractivity contribution in [1.29, 1.82) is 0 Å². The molecule has 2 aliphatic heterocycles. The molecule has 2 aliphatic rings. The molecule has 10 heteroatoms. The number of aromatic nitrogens is 3. The van der Waals surface area contributed by atoms with Crippen molar-refractivity contribution in [2.45, 2.75) is 45.7 Å². The van der Waals surface area contributed by atoms with Crippen LogP contribution in [0, 0.1) is 5.82 Å². The lowest BCUT2D eigenvalue weighted by molar-refractivity contribution is 0.0526. The minimum absolute atomic E-state index is 0.103. The molecule has 1 unspecified atom stereocenters. The highest BCUT2D eigenvalue weighted by atomic mass is 35.5. The fourth-order valence-corrected chi connectivity index (χ4v) is 5.46. The van der Waals surface area contributed by atoms with Crippen LogP contribution in [0.3, 0.4) is 0 Å². The van der Waals surface area contributed by atoms with Gasteiger partial charge in [0.15, 0.2) is 0 Å². The van der Waals surface area contributed by atoms with Crippen LogP contribution in [0.5, 0.6) is 0 Å². The van der Waals surface area contributed by atoms with Crippen molar-refractivity contribution in [3.8, 4) is 11.3 Å². The molecule has 4 heterocycles. The topological polar surface area (TPSA) is 74.7 Å². The minimum Gasteiger partial charge on any atom is -0.462 e. The molecule has 38 heavy (non-hydrogen) atoms. The molecule has 1 aromatic carbocycles. The molecule has 0 N–H and O–H groups in total. The highest BCUT2D eigenvalue weighted by Crippen LogP contribution is 2.32. The molecule has 5 rings (SSSR count). The van der Waals surface area contributed by atoms with E-state index in [1.807, 2.05) is 6.07 Å². The molecular weight excluding hydrogens is 507 g/mol. The van der Waals surface area contributed by atoms with Crippen molar-refractivity contribution in [2.75, 3.05) is 47.5 Å². The van der Waals surface area contributed by atoms with Gasteiger partial charge < -0.3 is 19.4 Å². The number of carbonyl (C=O) groups excluding carboxylic acids is 1. The second-order valence-electron chi connectivity index (χ2n) is 9.84.